The Morgan fingerprint density at radius 2 is 2.25 bits per heavy atom. The lowest BCUT2D eigenvalue weighted by Crippen LogP contribution is -2.14. The fourth-order valence-electron chi connectivity index (χ4n) is 1.44. The second kappa shape index (κ2) is 7.05. The molecule has 0 spiro atoms. The van der Waals surface area contributed by atoms with Crippen molar-refractivity contribution in [1.82, 2.24) is 0 Å². The summed E-state index contributed by atoms with van der Waals surface area (Å²) in [5.74, 6) is 2.84. The van der Waals surface area contributed by atoms with Gasteiger partial charge in [0.2, 0.25) is 0 Å². The van der Waals surface area contributed by atoms with Crippen LogP contribution in [0.25, 0.3) is 0 Å². The maximum Gasteiger partial charge on any atom is 0.123 e. The molecule has 0 aromatic heterocycles. The predicted molar refractivity (Wildman–Crippen MR) is 72.5 cm³/mol. The lowest BCUT2D eigenvalue weighted by molar-refractivity contribution is 0.407. The quantitative estimate of drug-likeness (QED) is 0.795. The summed E-state index contributed by atoms with van der Waals surface area (Å²) in [6.07, 6.45) is 1.17. The van der Waals surface area contributed by atoms with E-state index in [-0.39, 0.29) is 6.04 Å². The molecule has 16 heavy (non-hydrogen) atoms. The van der Waals surface area contributed by atoms with Crippen molar-refractivity contribution in [3.8, 4) is 5.75 Å². The highest BCUT2D eigenvalue weighted by atomic mass is 35.5. The molecule has 2 nitrogen and oxygen atoms in total. The summed E-state index contributed by atoms with van der Waals surface area (Å²) in [5, 5.41) is 0.701. The summed E-state index contributed by atoms with van der Waals surface area (Å²) in [5.41, 5.74) is 7.11. The van der Waals surface area contributed by atoms with E-state index in [0.29, 0.717) is 5.02 Å². The molecular formula is C12H18ClNOS. The summed E-state index contributed by atoms with van der Waals surface area (Å²) < 4.78 is 5.28. The smallest absolute Gasteiger partial charge is 0.123 e. The maximum atomic E-state index is 6.12. The molecule has 1 atom stereocenters. The summed E-state index contributed by atoms with van der Waals surface area (Å²) in [6.45, 7) is 2.17. The highest BCUT2D eigenvalue weighted by Crippen LogP contribution is 2.28. The van der Waals surface area contributed by atoms with E-state index < -0.39 is 0 Å². The largest absolute Gasteiger partial charge is 0.496 e. The lowest BCUT2D eigenvalue weighted by atomic mass is 10.1. The zero-order chi connectivity index (χ0) is 12.0. The Kier molecular flexibility index (Phi) is 6.03. The summed E-state index contributed by atoms with van der Waals surface area (Å²) >= 11 is 7.82. The monoisotopic (exact) mass is 259 g/mol. The SMILES string of the molecule is CCCSCC(N)c1cc(Cl)ccc1OC. The van der Waals surface area contributed by atoms with Crippen LogP contribution in [0.4, 0.5) is 0 Å². The van der Waals surface area contributed by atoms with Crippen LogP contribution < -0.4 is 10.5 Å². The van der Waals surface area contributed by atoms with Crippen LogP contribution in [0.3, 0.4) is 0 Å². The van der Waals surface area contributed by atoms with Crippen LogP contribution in [-0.4, -0.2) is 18.6 Å². The normalized spacial score (nSPS) is 12.5. The highest BCUT2D eigenvalue weighted by molar-refractivity contribution is 7.99. The number of thioether (sulfide) groups is 1. The van der Waals surface area contributed by atoms with E-state index in [4.69, 9.17) is 22.1 Å². The number of benzene rings is 1. The van der Waals surface area contributed by atoms with Gasteiger partial charge in [-0.2, -0.15) is 11.8 Å². The van der Waals surface area contributed by atoms with Gasteiger partial charge in [0.1, 0.15) is 5.75 Å². The van der Waals surface area contributed by atoms with Crippen molar-refractivity contribution in [3.63, 3.8) is 0 Å². The van der Waals surface area contributed by atoms with Crippen LogP contribution >= 0.6 is 23.4 Å². The molecule has 4 heteroatoms. The second-order valence-electron chi connectivity index (χ2n) is 3.57. The molecular weight excluding hydrogens is 242 g/mol. The fourth-order valence-corrected chi connectivity index (χ4v) is 2.51. The molecule has 0 heterocycles. The third-order valence-electron chi connectivity index (χ3n) is 2.24. The first kappa shape index (κ1) is 13.7. The molecule has 1 unspecified atom stereocenters. The predicted octanol–water partition coefficient (Wildman–Crippen LogP) is 3.49. The maximum absolute atomic E-state index is 6.12. The first-order valence-electron chi connectivity index (χ1n) is 5.35. The Morgan fingerprint density at radius 1 is 1.50 bits per heavy atom. The van der Waals surface area contributed by atoms with Crippen LogP contribution in [0.15, 0.2) is 18.2 Å². The number of methoxy groups -OCH3 is 1. The van der Waals surface area contributed by atoms with Gasteiger partial charge in [-0.15, -0.1) is 0 Å². The minimum absolute atomic E-state index is 0.0230. The van der Waals surface area contributed by atoms with E-state index >= 15 is 0 Å². The number of nitrogens with two attached hydrogens (primary N) is 1. The number of hydrogen-bond donors (Lipinski definition) is 1. The van der Waals surface area contributed by atoms with Gasteiger partial charge in [0.15, 0.2) is 0 Å². The van der Waals surface area contributed by atoms with Crippen molar-refractivity contribution in [2.75, 3.05) is 18.6 Å². The van der Waals surface area contributed by atoms with Crippen LogP contribution in [0.2, 0.25) is 5.02 Å². The number of halogens is 1. The number of rotatable bonds is 6. The van der Waals surface area contributed by atoms with Crippen LogP contribution in [0.5, 0.6) is 5.75 Å². The Balaban J connectivity index is 2.72. The lowest BCUT2D eigenvalue weighted by Gasteiger charge is -2.15. The van der Waals surface area contributed by atoms with E-state index in [2.05, 4.69) is 6.92 Å². The molecule has 0 aliphatic carbocycles. The van der Waals surface area contributed by atoms with Crippen molar-refractivity contribution < 1.29 is 4.74 Å². The molecule has 0 aliphatic rings. The molecule has 0 aliphatic heterocycles. The first-order valence-corrected chi connectivity index (χ1v) is 6.89. The van der Waals surface area contributed by atoms with E-state index in [1.54, 1.807) is 7.11 Å². The van der Waals surface area contributed by atoms with E-state index in [1.165, 1.54) is 6.42 Å². The van der Waals surface area contributed by atoms with Gasteiger partial charge in [0, 0.05) is 22.4 Å². The van der Waals surface area contributed by atoms with Gasteiger partial charge in [-0.3, -0.25) is 0 Å². The molecule has 0 fully saturated rings. The third kappa shape index (κ3) is 3.89. The van der Waals surface area contributed by atoms with Crippen molar-refractivity contribution in [2.24, 2.45) is 5.73 Å². The van der Waals surface area contributed by atoms with Gasteiger partial charge in [-0.25, -0.2) is 0 Å². The van der Waals surface area contributed by atoms with E-state index in [0.717, 1.165) is 22.8 Å². The highest BCUT2D eigenvalue weighted by Gasteiger charge is 2.12. The van der Waals surface area contributed by atoms with Crippen molar-refractivity contribution in [2.45, 2.75) is 19.4 Å². The van der Waals surface area contributed by atoms with Crippen LogP contribution in [0, 0.1) is 0 Å². The molecule has 1 aromatic rings. The molecule has 0 saturated heterocycles. The van der Waals surface area contributed by atoms with Gasteiger partial charge in [-0.1, -0.05) is 18.5 Å². The molecule has 0 radical (unpaired) electrons. The Hall–Kier alpha value is -0.380. The zero-order valence-corrected chi connectivity index (χ0v) is 11.3. The summed E-state index contributed by atoms with van der Waals surface area (Å²) in [4.78, 5) is 0. The zero-order valence-electron chi connectivity index (χ0n) is 9.70. The van der Waals surface area contributed by atoms with Gasteiger partial charge in [-0.05, 0) is 30.4 Å². The number of ether oxygens (including phenoxy) is 1. The molecule has 1 rings (SSSR count). The standard InChI is InChI=1S/C12H18ClNOS/c1-3-6-16-8-11(14)10-7-9(13)4-5-12(10)15-2/h4-5,7,11H,3,6,8,14H2,1-2H3. The second-order valence-corrected chi connectivity index (χ2v) is 5.15. The molecule has 0 amide bonds. The van der Waals surface area contributed by atoms with E-state index in [9.17, 15) is 0 Å². The summed E-state index contributed by atoms with van der Waals surface area (Å²) in [7, 11) is 1.65. The fraction of sp³-hybridized carbons (Fsp3) is 0.500. The average molecular weight is 260 g/mol. The Bertz CT molecular complexity index is 333. The number of hydrogen-bond acceptors (Lipinski definition) is 3. The van der Waals surface area contributed by atoms with E-state index in [1.807, 2.05) is 30.0 Å². The third-order valence-corrected chi connectivity index (χ3v) is 3.76. The Labute approximate surface area is 107 Å². The minimum atomic E-state index is -0.0230. The first-order chi connectivity index (χ1) is 7.69. The van der Waals surface area contributed by atoms with Gasteiger partial charge < -0.3 is 10.5 Å². The Morgan fingerprint density at radius 3 is 2.88 bits per heavy atom. The summed E-state index contributed by atoms with van der Waals surface area (Å²) in [6, 6.07) is 5.54. The van der Waals surface area contributed by atoms with Gasteiger partial charge in [0.25, 0.3) is 0 Å². The van der Waals surface area contributed by atoms with Crippen molar-refractivity contribution in [1.29, 1.82) is 0 Å². The molecule has 1 aromatic carbocycles. The van der Waals surface area contributed by atoms with Crippen LogP contribution in [-0.2, 0) is 0 Å². The average Bonchev–Trinajstić information content (AvgIpc) is 2.29. The topological polar surface area (TPSA) is 35.2 Å². The van der Waals surface area contributed by atoms with Gasteiger partial charge >= 0.3 is 0 Å². The van der Waals surface area contributed by atoms with Crippen LogP contribution in [0.1, 0.15) is 24.9 Å². The molecule has 0 saturated carbocycles. The van der Waals surface area contributed by atoms with Crippen molar-refractivity contribution >= 4 is 23.4 Å². The molecule has 0 bridgehead atoms. The molecule has 90 valence electrons. The molecule has 2 N–H and O–H groups in total. The van der Waals surface area contributed by atoms with Crippen molar-refractivity contribution in [3.05, 3.63) is 28.8 Å². The van der Waals surface area contributed by atoms with Gasteiger partial charge in [0.05, 0.1) is 7.11 Å². The minimum Gasteiger partial charge on any atom is -0.496 e.